The van der Waals surface area contributed by atoms with Gasteiger partial charge in [-0.05, 0) is 38.5 Å². The Kier molecular flexibility index (Phi) is 12.3. The third-order valence-corrected chi connectivity index (χ3v) is 5.18. The number of nitrogens with two attached hydrogens (primary N) is 2. The molecule has 0 aromatic carbocycles. The van der Waals surface area contributed by atoms with Crippen LogP contribution in [0, 0.1) is 0 Å². The average molecular weight is 446 g/mol. The number of nitrogens with zero attached hydrogens (tertiary/aromatic N) is 2. The lowest BCUT2D eigenvalue weighted by Crippen LogP contribution is -2.33. The number of hydrogen-bond donors (Lipinski definition) is 7. The Morgan fingerprint density at radius 1 is 1.03 bits per heavy atom. The maximum Gasteiger partial charge on any atom is 0.320 e. The number of aryl methyl sites for hydroxylation is 2. The minimum absolute atomic E-state index is 0.0639. The van der Waals surface area contributed by atoms with Gasteiger partial charge in [0.25, 0.3) is 0 Å². The lowest BCUT2D eigenvalue weighted by Gasteiger charge is -2.14. The largest absolute Gasteiger partial charge is 0.481 e. The summed E-state index contributed by atoms with van der Waals surface area (Å²) >= 11 is 0. The highest BCUT2D eigenvalue weighted by molar-refractivity contribution is 5.72. The first kappa shape index (κ1) is 27.0. The lowest BCUT2D eigenvalue weighted by atomic mass is 10.1. The summed E-state index contributed by atoms with van der Waals surface area (Å²) in [4.78, 5) is 21.5. The fourth-order valence-electron chi connectivity index (χ4n) is 3.31. The molecule has 4 unspecified atom stereocenters. The van der Waals surface area contributed by atoms with Crippen LogP contribution in [0.3, 0.4) is 0 Å². The van der Waals surface area contributed by atoms with Crippen molar-refractivity contribution in [2.45, 2.75) is 88.7 Å². The van der Waals surface area contributed by atoms with Crippen molar-refractivity contribution in [1.82, 2.24) is 4.57 Å². The van der Waals surface area contributed by atoms with Crippen molar-refractivity contribution < 1.29 is 39.7 Å². The van der Waals surface area contributed by atoms with E-state index in [-0.39, 0.29) is 18.9 Å². The molecular formula is C20H37N4O7+. The van der Waals surface area contributed by atoms with Crippen molar-refractivity contribution in [1.29, 1.82) is 0 Å². The van der Waals surface area contributed by atoms with Gasteiger partial charge in [0.1, 0.15) is 24.0 Å². The number of carboxylic acid groups (broad SMARTS) is 2. The Bertz CT molecular complexity index is 682. The third-order valence-electron chi connectivity index (χ3n) is 5.18. The maximum atomic E-state index is 10.8. The minimum atomic E-state index is -1.23. The van der Waals surface area contributed by atoms with Crippen LogP contribution in [0.25, 0.3) is 0 Å². The topological polar surface area (TPSA) is 196 Å². The second-order valence-corrected chi connectivity index (χ2v) is 7.98. The first-order chi connectivity index (χ1) is 14.6. The van der Waals surface area contributed by atoms with E-state index in [9.17, 15) is 19.8 Å². The van der Waals surface area contributed by atoms with Crippen LogP contribution in [-0.4, -0.2) is 72.9 Å². The molecule has 0 saturated carbocycles. The molecule has 1 heterocycles. The summed E-state index contributed by atoms with van der Waals surface area (Å²) in [5.41, 5.74) is 12.1. The molecule has 11 nitrogen and oxygen atoms in total. The van der Waals surface area contributed by atoms with Gasteiger partial charge in [-0.25, -0.2) is 9.13 Å². The van der Waals surface area contributed by atoms with Crippen molar-refractivity contribution in [2.75, 3.05) is 6.61 Å². The maximum absolute atomic E-state index is 10.8. The van der Waals surface area contributed by atoms with Crippen LogP contribution in [0.4, 0.5) is 0 Å². The van der Waals surface area contributed by atoms with Crippen LogP contribution < -0.4 is 16.0 Å². The first-order valence-electron chi connectivity index (χ1n) is 10.6. The highest BCUT2D eigenvalue weighted by atomic mass is 16.4. The summed E-state index contributed by atoms with van der Waals surface area (Å²) in [6.07, 6.45) is 5.41. The van der Waals surface area contributed by atoms with Crippen LogP contribution in [0.15, 0.2) is 12.5 Å². The number of aromatic nitrogens is 2. The van der Waals surface area contributed by atoms with Gasteiger partial charge in [-0.1, -0.05) is 0 Å². The smallest absolute Gasteiger partial charge is 0.320 e. The molecule has 31 heavy (non-hydrogen) atoms. The molecule has 0 saturated heterocycles. The van der Waals surface area contributed by atoms with Crippen molar-refractivity contribution >= 4 is 11.9 Å². The van der Waals surface area contributed by atoms with Crippen LogP contribution in [0.1, 0.15) is 50.6 Å². The molecule has 0 aliphatic carbocycles. The third kappa shape index (κ3) is 10.7. The molecule has 11 heteroatoms. The Balaban J connectivity index is 2.65. The molecule has 4 atom stereocenters. The molecule has 1 aromatic rings. The molecule has 1 aromatic heterocycles. The average Bonchev–Trinajstić information content (AvgIpc) is 3.08. The highest BCUT2D eigenvalue weighted by Gasteiger charge is 2.22. The van der Waals surface area contributed by atoms with Crippen LogP contribution in [0.5, 0.6) is 0 Å². The highest BCUT2D eigenvalue weighted by Crippen LogP contribution is 2.10. The van der Waals surface area contributed by atoms with Crippen molar-refractivity contribution in [3.63, 3.8) is 0 Å². The van der Waals surface area contributed by atoms with E-state index in [0.717, 1.165) is 25.0 Å². The zero-order valence-electron chi connectivity index (χ0n) is 17.8. The van der Waals surface area contributed by atoms with E-state index < -0.39 is 36.8 Å². The number of aliphatic hydroxyl groups excluding tert-OH is 3. The minimum Gasteiger partial charge on any atom is -0.481 e. The van der Waals surface area contributed by atoms with Crippen LogP contribution in [-0.2, 0) is 29.1 Å². The van der Waals surface area contributed by atoms with Gasteiger partial charge < -0.3 is 37.0 Å². The lowest BCUT2D eigenvalue weighted by molar-refractivity contribution is -0.697. The Labute approximate surface area is 181 Å². The van der Waals surface area contributed by atoms with E-state index in [1.165, 1.54) is 0 Å². The molecule has 0 aliphatic heterocycles. The van der Waals surface area contributed by atoms with Crippen LogP contribution in [0.2, 0.25) is 0 Å². The zero-order chi connectivity index (χ0) is 23.4. The van der Waals surface area contributed by atoms with Crippen molar-refractivity contribution in [3.8, 4) is 0 Å². The molecule has 1 rings (SSSR count). The van der Waals surface area contributed by atoms with E-state index in [1.54, 1.807) is 0 Å². The second-order valence-electron chi connectivity index (χ2n) is 7.98. The number of unbranched alkanes of at least 4 members (excludes halogenated alkanes) is 2. The molecule has 0 radical (unpaired) electrons. The number of rotatable bonds is 17. The zero-order valence-corrected chi connectivity index (χ0v) is 17.8. The van der Waals surface area contributed by atoms with E-state index in [1.807, 2.05) is 21.7 Å². The predicted molar refractivity (Wildman–Crippen MR) is 111 cm³/mol. The number of imidazole rings is 1. The Hall–Kier alpha value is -2.05. The monoisotopic (exact) mass is 445 g/mol. The molecule has 178 valence electrons. The molecule has 0 fully saturated rings. The SMILES string of the molecule is NC(CCCCn1c[n+](CCCCC(N)C(=O)O)cc1CC(O)C(O)CO)CC(=O)O. The fourth-order valence-corrected chi connectivity index (χ4v) is 3.31. The van der Waals surface area contributed by atoms with Gasteiger partial charge in [0, 0.05) is 12.5 Å². The van der Waals surface area contributed by atoms with Crippen LogP contribution >= 0.6 is 0 Å². The number of carboxylic acids is 2. The molecule has 0 amide bonds. The normalized spacial score (nSPS) is 15.4. The number of hydrogen-bond acceptors (Lipinski definition) is 7. The van der Waals surface area contributed by atoms with Gasteiger partial charge in [-0.15, -0.1) is 0 Å². The van der Waals surface area contributed by atoms with Gasteiger partial charge in [0.2, 0.25) is 6.33 Å². The predicted octanol–water partition coefficient (Wildman–Crippen LogP) is -1.41. The molecule has 0 spiro atoms. The standard InChI is InChI=1S/C20H36N4O7/c21-14(9-19(28)29)5-1-4-8-24-13-23(7-3-2-6-16(22)20(30)31)11-15(24)10-17(26)18(27)12-25/h11,13-14,16-18,25-27H,1-10,12,21-22H2,(H-,28,29,30,31)/p+1. The van der Waals surface area contributed by atoms with Gasteiger partial charge >= 0.3 is 11.9 Å². The Morgan fingerprint density at radius 2 is 1.71 bits per heavy atom. The summed E-state index contributed by atoms with van der Waals surface area (Å²) in [6, 6.07) is -1.25. The quantitative estimate of drug-likeness (QED) is 0.111. The molecule has 0 bridgehead atoms. The van der Waals surface area contributed by atoms with E-state index in [4.69, 9.17) is 26.8 Å². The summed E-state index contributed by atoms with van der Waals surface area (Å²) in [5, 5.41) is 46.4. The number of aliphatic hydroxyl groups is 3. The molecular weight excluding hydrogens is 408 g/mol. The summed E-state index contributed by atoms with van der Waals surface area (Å²) in [7, 11) is 0. The van der Waals surface area contributed by atoms with Gasteiger partial charge in [0.05, 0.1) is 32.2 Å². The van der Waals surface area contributed by atoms with E-state index in [0.29, 0.717) is 32.4 Å². The van der Waals surface area contributed by atoms with Gasteiger partial charge in [-0.3, -0.25) is 9.59 Å². The summed E-state index contributed by atoms with van der Waals surface area (Å²) < 4.78 is 3.90. The summed E-state index contributed by atoms with van der Waals surface area (Å²) in [6.45, 7) is 0.746. The van der Waals surface area contributed by atoms with Crippen molar-refractivity contribution in [2.24, 2.45) is 11.5 Å². The first-order valence-corrected chi connectivity index (χ1v) is 10.6. The van der Waals surface area contributed by atoms with Crippen molar-refractivity contribution in [3.05, 3.63) is 18.2 Å². The fraction of sp³-hybridized carbons (Fsp3) is 0.750. The Morgan fingerprint density at radius 3 is 2.32 bits per heavy atom. The van der Waals surface area contributed by atoms with Gasteiger partial charge in [-0.2, -0.15) is 0 Å². The number of aliphatic carboxylic acids is 2. The molecule has 0 aliphatic rings. The summed E-state index contributed by atoms with van der Waals surface area (Å²) in [5.74, 6) is -1.93. The second kappa shape index (κ2) is 14.1. The number of carbonyl (C=O) groups is 2. The van der Waals surface area contributed by atoms with E-state index in [2.05, 4.69) is 0 Å². The molecule has 9 N–H and O–H groups in total. The van der Waals surface area contributed by atoms with E-state index >= 15 is 0 Å². The van der Waals surface area contributed by atoms with Gasteiger partial charge in [0.15, 0.2) is 0 Å².